The highest BCUT2D eigenvalue weighted by Gasteiger charge is 2.10. The van der Waals surface area contributed by atoms with Crippen molar-refractivity contribution >= 4 is 49.0 Å². The number of rotatable bonds is 0. The van der Waals surface area contributed by atoms with Gasteiger partial charge in [0.15, 0.2) is 0 Å². The van der Waals surface area contributed by atoms with Crippen molar-refractivity contribution in [3.05, 3.63) is 32.6 Å². The summed E-state index contributed by atoms with van der Waals surface area (Å²) in [5.74, 6) is 0. The van der Waals surface area contributed by atoms with Crippen molar-refractivity contribution in [2.75, 3.05) is 0 Å². The molecular formula is C9H3BrClNS. The summed E-state index contributed by atoms with van der Waals surface area (Å²) in [6.45, 7) is 0. The Bertz CT molecular complexity index is 512. The summed E-state index contributed by atoms with van der Waals surface area (Å²) in [5, 5.41) is 10.5. The zero-order valence-electron chi connectivity index (χ0n) is 6.34. The summed E-state index contributed by atoms with van der Waals surface area (Å²) in [6, 6.07) is 7.69. The van der Waals surface area contributed by atoms with E-state index in [1.54, 1.807) is 6.07 Å². The second kappa shape index (κ2) is 3.30. The van der Waals surface area contributed by atoms with Crippen LogP contribution in [0.25, 0.3) is 10.1 Å². The van der Waals surface area contributed by atoms with E-state index in [0.717, 1.165) is 13.9 Å². The smallest absolute Gasteiger partial charge is 0.101 e. The SMILES string of the molecule is N#Cc1cccc2c(Cl)c(Br)sc12. The van der Waals surface area contributed by atoms with Gasteiger partial charge in [-0.25, -0.2) is 0 Å². The molecule has 64 valence electrons. The number of nitrogens with zero attached hydrogens (tertiary/aromatic N) is 1. The maximum atomic E-state index is 8.83. The molecular weight excluding hydrogens is 270 g/mol. The van der Waals surface area contributed by atoms with Crippen LogP contribution in [0.15, 0.2) is 22.0 Å². The Balaban J connectivity index is 2.95. The van der Waals surface area contributed by atoms with Gasteiger partial charge in [-0.3, -0.25) is 0 Å². The van der Waals surface area contributed by atoms with Crippen LogP contribution >= 0.6 is 38.9 Å². The summed E-state index contributed by atoms with van der Waals surface area (Å²) in [4.78, 5) is 0. The number of hydrogen-bond acceptors (Lipinski definition) is 2. The van der Waals surface area contributed by atoms with Crippen LogP contribution in [-0.2, 0) is 0 Å². The van der Waals surface area contributed by atoms with Gasteiger partial charge < -0.3 is 0 Å². The molecule has 0 aliphatic rings. The maximum Gasteiger partial charge on any atom is 0.101 e. The number of fused-ring (bicyclic) bond motifs is 1. The number of halogens is 2. The highest BCUT2D eigenvalue weighted by atomic mass is 79.9. The van der Waals surface area contributed by atoms with Crippen molar-refractivity contribution < 1.29 is 0 Å². The van der Waals surface area contributed by atoms with Gasteiger partial charge in [0.2, 0.25) is 0 Å². The van der Waals surface area contributed by atoms with Crippen molar-refractivity contribution in [2.24, 2.45) is 0 Å². The van der Waals surface area contributed by atoms with Crippen LogP contribution in [0.1, 0.15) is 5.56 Å². The number of thiophene rings is 1. The third-order valence-electron chi connectivity index (χ3n) is 1.74. The van der Waals surface area contributed by atoms with Gasteiger partial charge in [0.05, 0.1) is 19.1 Å². The normalized spacial score (nSPS) is 10.2. The van der Waals surface area contributed by atoms with Crippen LogP contribution in [0, 0.1) is 11.3 Å². The minimum absolute atomic E-state index is 0.676. The Labute approximate surface area is 92.7 Å². The van der Waals surface area contributed by atoms with Gasteiger partial charge in [-0.1, -0.05) is 23.7 Å². The molecule has 0 spiro atoms. The highest BCUT2D eigenvalue weighted by molar-refractivity contribution is 9.11. The monoisotopic (exact) mass is 271 g/mol. The van der Waals surface area contributed by atoms with Crippen LogP contribution in [0.2, 0.25) is 5.02 Å². The molecule has 2 rings (SSSR count). The van der Waals surface area contributed by atoms with Crippen molar-refractivity contribution in [3.8, 4) is 6.07 Å². The van der Waals surface area contributed by atoms with Crippen LogP contribution in [-0.4, -0.2) is 0 Å². The Morgan fingerprint density at radius 1 is 1.46 bits per heavy atom. The van der Waals surface area contributed by atoms with Crippen LogP contribution in [0.3, 0.4) is 0 Å². The second-order valence-corrected chi connectivity index (χ2v) is 5.20. The van der Waals surface area contributed by atoms with E-state index in [1.807, 2.05) is 12.1 Å². The summed E-state index contributed by atoms with van der Waals surface area (Å²) < 4.78 is 1.83. The van der Waals surface area contributed by atoms with Crippen LogP contribution in [0.4, 0.5) is 0 Å². The van der Waals surface area contributed by atoms with Gasteiger partial charge in [-0.2, -0.15) is 5.26 Å². The van der Waals surface area contributed by atoms with Gasteiger partial charge in [0.25, 0.3) is 0 Å². The van der Waals surface area contributed by atoms with E-state index in [0.29, 0.717) is 10.6 Å². The zero-order chi connectivity index (χ0) is 9.42. The summed E-state index contributed by atoms with van der Waals surface area (Å²) in [6.07, 6.45) is 0. The molecule has 1 nitrogen and oxygen atoms in total. The molecule has 1 aromatic carbocycles. The molecule has 0 fully saturated rings. The molecule has 0 amide bonds. The third-order valence-corrected chi connectivity index (χ3v) is 4.38. The predicted molar refractivity (Wildman–Crippen MR) is 59.3 cm³/mol. The zero-order valence-corrected chi connectivity index (χ0v) is 9.50. The Hall–Kier alpha value is -0.560. The largest absolute Gasteiger partial charge is 0.192 e. The standard InChI is InChI=1S/C9H3BrClNS/c10-9-7(11)6-3-1-2-5(4-12)8(6)13-9/h1-3H. The van der Waals surface area contributed by atoms with Crippen molar-refractivity contribution in [3.63, 3.8) is 0 Å². The molecule has 0 aliphatic carbocycles. The number of nitriles is 1. The second-order valence-electron chi connectivity index (χ2n) is 2.48. The molecule has 0 saturated carbocycles. The first-order valence-electron chi connectivity index (χ1n) is 3.50. The van der Waals surface area contributed by atoms with Gasteiger partial charge in [-0.05, 0) is 22.0 Å². The first kappa shape index (κ1) is 9.01. The van der Waals surface area contributed by atoms with Crippen molar-refractivity contribution in [1.82, 2.24) is 0 Å². The number of hydrogen-bond donors (Lipinski definition) is 0. The first-order valence-corrected chi connectivity index (χ1v) is 5.49. The van der Waals surface area contributed by atoms with Crippen LogP contribution in [0.5, 0.6) is 0 Å². The average molecular weight is 273 g/mol. The molecule has 0 aliphatic heterocycles. The molecule has 0 saturated heterocycles. The van der Waals surface area contributed by atoms with E-state index in [2.05, 4.69) is 22.0 Å². The van der Waals surface area contributed by atoms with E-state index in [9.17, 15) is 0 Å². The Morgan fingerprint density at radius 2 is 2.23 bits per heavy atom. The van der Waals surface area contributed by atoms with Crippen LogP contribution < -0.4 is 0 Å². The lowest BCUT2D eigenvalue weighted by Gasteiger charge is -1.90. The average Bonchev–Trinajstić information content (AvgIpc) is 2.43. The topological polar surface area (TPSA) is 23.8 Å². The minimum atomic E-state index is 0.676. The third kappa shape index (κ3) is 1.35. The molecule has 1 aromatic heterocycles. The fraction of sp³-hybridized carbons (Fsp3) is 0. The molecule has 0 unspecified atom stereocenters. The summed E-state index contributed by atoms with van der Waals surface area (Å²) >= 11 is 10.9. The molecule has 0 bridgehead atoms. The lowest BCUT2D eigenvalue weighted by molar-refractivity contribution is 1.51. The summed E-state index contributed by atoms with van der Waals surface area (Å²) in [7, 11) is 0. The summed E-state index contributed by atoms with van der Waals surface area (Å²) in [5.41, 5.74) is 0.676. The predicted octanol–water partition coefficient (Wildman–Crippen LogP) is 4.19. The lowest BCUT2D eigenvalue weighted by atomic mass is 10.2. The minimum Gasteiger partial charge on any atom is -0.192 e. The van der Waals surface area contributed by atoms with E-state index in [4.69, 9.17) is 16.9 Å². The highest BCUT2D eigenvalue weighted by Crippen LogP contribution is 2.40. The quantitative estimate of drug-likeness (QED) is 0.705. The van der Waals surface area contributed by atoms with Gasteiger partial charge in [-0.15, -0.1) is 11.3 Å². The lowest BCUT2D eigenvalue weighted by Crippen LogP contribution is -1.71. The van der Waals surface area contributed by atoms with Gasteiger partial charge in [0.1, 0.15) is 6.07 Å². The molecule has 0 N–H and O–H groups in total. The van der Waals surface area contributed by atoms with E-state index in [-0.39, 0.29) is 0 Å². The van der Waals surface area contributed by atoms with Gasteiger partial charge in [0, 0.05) is 5.39 Å². The molecule has 1 heterocycles. The first-order chi connectivity index (χ1) is 6.24. The fourth-order valence-electron chi connectivity index (χ4n) is 1.15. The van der Waals surface area contributed by atoms with E-state index < -0.39 is 0 Å². The molecule has 4 heteroatoms. The number of benzene rings is 1. The van der Waals surface area contributed by atoms with Gasteiger partial charge >= 0.3 is 0 Å². The molecule has 13 heavy (non-hydrogen) atoms. The molecule has 0 radical (unpaired) electrons. The van der Waals surface area contributed by atoms with Crippen molar-refractivity contribution in [1.29, 1.82) is 5.26 Å². The molecule has 2 aromatic rings. The Morgan fingerprint density at radius 3 is 2.92 bits per heavy atom. The maximum absolute atomic E-state index is 8.83. The molecule has 0 atom stereocenters. The fourth-order valence-corrected chi connectivity index (χ4v) is 3.06. The van der Waals surface area contributed by atoms with E-state index >= 15 is 0 Å². The van der Waals surface area contributed by atoms with E-state index in [1.165, 1.54) is 11.3 Å². The van der Waals surface area contributed by atoms with Crippen molar-refractivity contribution in [2.45, 2.75) is 0 Å². The Kier molecular flexibility index (Phi) is 2.29.